The van der Waals surface area contributed by atoms with Crippen LogP contribution in [-0.4, -0.2) is 41.5 Å². The Morgan fingerprint density at radius 2 is 1.29 bits per heavy atom. The van der Waals surface area contributed by atoms with Gasteiger partial charge in [-0.3, -0.25) is 9.59 Å². The van der Waals surface area contributed by atoms with Crippen LogP contribution < -0.4 is 33.8 Å². The van der Waals surface area contributed by atoms with Crippen molar-refractivity contribution >= 4 is 16.9 Å². The highest BCUT2D eigenvalue weighted by molar-refractivity contribution is 5.98. The number of hydrogen-bond acceptors (Lipinski definition) is 9. The second kappa shape index (κ2) is 8.86. The summed E-state index contributed by atoms with van der Waals surface area (Å²) >= 11 is 0. The highest BCUT2D eigenvalue weighted by Gasteiger charge is 2.31. The molecule has 3 aromatic rings. The minimum atomic E-state index is -0.663. The van der Waals surface area contributed by atoms with Crippen LogP contribution in [0.25, 0.3) is 22.3 Å². The number of benzene rings is 2. The fourth-order valence-electron chi connectivity index (χ4n) is 3.22. The molecule has 0 unspecified atom stereocenters. The van der Waals surface area contributed by atoms with Gasteiger partial charge in [0.15, 0.2) is 17.1 Å². The number of esters is 1. The molecular formula is C22H22O9. The predicted molar refractivity (Wildman–Crippen MR) is 112 cm³/mol. The number of fused-ring (bicyclic) bond motifs is 1. The Balaban J connectivity index is 2.51. The lowest BCUT2D eigenvalue weighted by atomic mass is 10.1. The minimum absolute atomic E-state index is 0.00742. The summed E-state index contributed by atoms with van der Waals surface area (Å²) in [4.78, 5) is 25.2. The lowest BCUT2D eigenvalue weighted by Gasteiger charge is -2.19. The Morgan fingerprint density at radius 3 is 1.77 bits per heavy atom. The van der Waals surface area contributed by atoms with Crippen LogP contribution in [0.1, 0.15) is 6.92 Å². The van der Waals surface area contributed by atoms with Crippen molar-refractivity contribution in [2.24, 2.45) is 0 Å². The summed E-state index contributed by atoms with van der Waals surface area (Å²) in [5.41, 5.74) is -0.0133. The first-order valence-electron chi connectivity index (χ1n) is 9.11. The third-order valence-electron chi connectivity index (χ3n) is 4.54. The van der Waals surface area contributed by atoms with Gasteiger partial charge in [0.2, 0.25) is 28.4 Å². The molecule has 0 atom stereocenters. The monoisotopic (exact) mass is 430 g/mol. The number of carbonyl (C=O) groups is 1. The van der Waals surface area contributed by atoms with Crippen LogP contribution in [0.15, 0.2) is 33.5 Å². The molecule has 0 N–H and O–H groups in total. The van der Waals surface area contributed by atoms with E-state index in [0.29, 0.717) is 11.3 Å². The zero-order valence-electron chi connectivity index (χ0n) is 18.0. The summed E-state index contributed by atoms with van der Waals surface area (Å²) in [5, 5.41) is -0.0844. The van der Waals surface area contributed by atoms with Crippen molar-refractivity contribution in [3.63, 3.8) is 0 Å². The predicted octanol–water partition coefficient (Wildman–Crippen LogP) is 3.43. The second-order valence-electron chi connectivity index (χ2n) is 6.25. The highest BCUT2D eigenvalue weighted by atomic mass is 16.6. The van der Waals surface area contributed by atoms with Gasteiger partial charge in [-0.1, -0.05) is 0 Å². The van der Waals surface area contributed by atoms with Crippen molar-refractivity contribution in [1.29, 1.82) is 0 Å². The van der Waals surface area contributed by atoms with Crippen LogP contribution in [0.4, 0.5) is 0 Å². The van der Waals surface area contributed by atoms with Crippen LogP contribution in [0, 0.1) is 0 Å². The van der Waals surface area contributed by atoms with E-state index in [1.54, 1.807) is 31.4 Å². The normalized spacial score (nSPS) is 10.5. The fourth-order valence-corrected chi connectivity index (χ4v) is 3.22. The van der Waals surface area contributed by atoms with Crippen LogP contribution in [-0.2, 0) is 4.79 Å². The topological polar surface area (TPSA) is 103 Å². The van der Waals surface area contributed by atoms with E-state index < -0.39 is 11.4 Å². The maximum absolute atomic E-state index is 13.5. The molecule has 0 spiro atoms. The molecule has 1 heterocycles. The van der Waals surface area contributed by atoms with Gasteiger partial charge in [-0.25, -0.2) is 0 Å². The SMILES string of the molecule is COc1ccc(-c2oc3c(OC)c(OC)c(OC)c(OC(C)=O)c3c(=O)c2OC)cc1. The molecule has 0 aliphatic rings. The molecule has 164 valence electrons. The van der Waals surface area contributed by atoms with Crippen LogP contribution in [0.2, 0.25) is 0 Å². The van der Waals surface area contributed by atoms with E-state index in [4.69, 9.17) is 32.8 Å². The first kappa shape index (κ1) is 21.8. The number of rotatable bonds is 7. The van der Waals surface area contributed by atoms with Gasteiger partial charge < -0.3 is 32.8 Å². The van der Waals surface area contributed by atoms with E-state index in [1.807, 2.05) is 0 Å². The smallest absolute Gasteiger partial charge is 0.308 e. The van der Waals surface area contributed by atoms with Gasteiger partial charge in [0.05, 0.1) is 35.5 Å². The molecule has 0 bridgehead atoms. The van der Waals surface area contributed by atoms with Gasteiger partial charge in [0.1, 0.15) is 11.1 Å². The lowest BCUT2D eigenvalue weighted by molar-refractivity contribution is -0.131. The number of methoxy groups -OCH3 is 5. The van der Waals surface area contributed by atoms with Crippen LogP contribution in [0.3, 0.4) is 0 Å². The average molecular weight is 430 g/mol. The maximum Gasteiger partial charge on any atom is 0.308 e. The van der Waals surface area contributed by atoms with Crippen molar-refractivity contribution in [2.75, 3.05) is 35.5 Å². The van der Waals surface area contributed by atoms with Crippen LogP contribution >= 0.6 is 0 Å². The van der Waals surface area contributed by atoms with E-state index in [9.17, 15) is 9.59 Å². The Labute approximate surface area is 178 Å². The summed E-state index contributed by atoms with van der Waals surface area (Å²) in [5.74, 6) is 0.0887. The minimum Gasteiger partial charge on any atom is -0.497 e. The van der Waals surface area contributed by atoms with E-state index in [0.717, 1.165) is 0 Å². The highest BCUT2D eigenvalue weighted by Crippen LogP contribution is 2.51. The molecule has 0 aliphatic heterocycles. The molecule has 9 nitrogen and oxygen atoms in total. The first-order chi connectivity index (χ1) is 14.9. The van der Waals surface area contributed by atoms with Crippen molar-refractivity contribution < 1.29 is 37.6 Å². The third kappa shape index (κ3) is 3.70. The Hall–Kier alpha value is -3.88. The summed E-state index contributed by atoms with van der Waals surface area (Å²) < 4.78 is 38.2. The van der Waals surface area contributed by atoms with E-state index in [-0.39, 0.29) is 45.5 Å². The molecule has 0 saturated carbocycles. The van der Waals surface area contributed by atoms with Gasteiger partial charge >= 0.3 is 5.97 Å². The maximum atomic E-state index is 13.5. The number of hydrogen-bond donors (Lipinski definition) is 0. The van der Waals surface area contributed by atoms with Crippen molar-refractivity contribution in [3.05, 3.63) is 34.5 Å². The zero-order valence-corrected chi connectivity index (χ0v) is 18.0. The molecule has 0 fully saturated rings. The Bertz CT molecular complexity index is 1180. The molecule has 31 heavy (non-hydrogen) atoms. The molecule has 0 saturated heterocycles. The second-order valence-corrected chi connectivity index (χ2v) is 6.25. The zero-order chi connectivity index (χ0) is 22.7. The third-order valence-corrected chi connectivity index (χ3v) is 4.54. The summed E-state index contributed by atoms with van der Waals surface area (Å²) in [7, 11) is 7.01. The Kier molecular flexibility index (Phi) is 6.24. The Morgan fingerprint density at radius 1 is 0.742 bits per heavy atom. The van der Waals surface area contributed by atoms with Gasteiger partial charge in [-0.05, 0) is 24.3 Å². The summed E-state index contributed by atoms with van der Waals surface area (Å²) in [6, 6.07) is 6.86. The van der Waals surface area contributed by atoms with Crippen molar-refractivity contribution in [1.82, 2.24) is 0 Å². The van der Waals surface area contributed by atoms with E-state index in [2.05, 4.69) is 0 Å². The molecule has 1 aromatic heterocycles. The van der Waals surface area contributed by atoms with Crippen LogP contribution in [0.5, 0.6) is 34.5 Å². The van der Waals surface area contributed by atoms with Gasteiger partial charge in [0, 0.05) is 12.5 Å². The summed E-state index contributed by atoms with van der Waals surface area (Å²) in [6.07, 6.45) is 0. The number of ether oxygens (including phenoxy) is 6. The van der Waals surface area contributed by atoms with Crippen molar-refractivity contribution in [2.45, 2.75) is 6.92 Å². The van der Waals surface area contributed by atoms with E-state index >= 15 is 0 Å². The lowest BCUT2D eigenvalue weighted by Crippen LogP contribution is -2.13. The van der Waals surface area contributed by atoms with Gasteiger partial charge in [0.25, 0.3) is 0 Å². The standard InChI is InChI=1S/C22H22O9/c1-11(23)30-17-14-15(24)19(26-3)16(12-7-9-13(25-2)10-8-12)31-18(14)21(28-5)22(29-6)20(17)27-4/h7-10H,1-6H3. The first-order valence-corrected chi connectivity index (χ1v) is 9.11. The average Bonchev–Trinajstić information content (AvgIpc) is 2.77. The molecule has 9 heteroatoms. The number of carbonyl (C=O) groups excluding carboxylic acids is 1. The van der Waals surface area contributed by atoms with Gasteiger partial charge in [-0.15, -0.1) is 0 Å². The molecule has 2 aromatic carbocycles. The molecule has 0 amide bonds. The largest absolute Gasteiger partial charge is 0.497 e. The van der Waals surface area contributed by atoms with Gasteiger partial charge in [-0.2, -0.15) is 0 Å². The summed E-state index contributed by atoms with van der Waals surface area (Å²) in [6.45, 7) is 1.20. The molecular weight excluding hydrogens is 408 g/mol. The fraction of sp³-hybridized carbons (Fsp3) is 0.273. The molecule has 0 aliphatic carbocycles. The van der Waals surface area contributed by atoms with Crippen molar-refractivity contribution in [3.8, 4) is 45.8 Å². The van der Waals surface area contributed by atoms with E-state index in [1.165, 1.54) is 35.4 Å². The molecule has 0 radical (unpaired) electrons. The quantitative estimate of drug-likeness (QED) is 0.412. The molecule has 3 rings (SSSR count).